The van der Waals surface area contributed by atoms with Gasteiger partial charge in [-0.25, -0.2) is 0 Å². The normalized spacial score (nSPS) is 37.2. The quantitative estimate of drug-likeness (QED) is 0.502. The Morgan fingerprint density at radius 2 is 2.00 bits per heavy atom. The van der Waals surface area contributed by atoms with Crippen LogP contribution >= 0.6 is 0 Å². The van der Waals surface area contributed by atoms with Crippen molar-refractivity contribution in [3.05, 3.63) is 24.3 Å². The topological polar surface area (TPSA) is 0 Å². The van der Waals surface area contributed by atoms with E-state index in [0.29, 0.717) is 5.92 Å². The number of allylic oxidation sites excluding steroid dienone is 3. The highest BCUT2D eigenvalue weighted by Gasteiger charge is 2.21. The van der Waals surface area contributed by atoms with Crippen LogP contribution in [0.5, 0.6) is 0 Å². The molecule has 0 saturated carbocycles. The van der Waals surface area contributed by atoms with Crippen molar-refractivity contribution in [3.63, 3.8) is 0 Å². The van der Waals surface area contributed by atoms with Gasteiger partial charge in [-0.15, -0.1) is 0 Å². The predicted octanol–water partition coefficient (Wildman–Crippen LogP) is 3.41. The van der Waals surface area contributed by atoms with Crippen LogP contribution in [-0.2, 0) is 0 Å². The summed E-state index contributed by atoms with van der Waals surface area (Å²) in [6.07, 6.45) is 5.94. The second-order valence-electron chi connectivity index (χ2n) is 3.91. The van der Waals surface area contributed by atoms with Crippen LogP contribution in [0.25, 0.3) is 0 Å². The Kier molecular flexibility index (Phi) is 2.53. The van der Waals surface area contributed by atoms with Crippen LogP contribution in [0.4, 0.5) is 0 Å². The van der Waals surface area contributed by atoms with E-state index in [1.807, 2.05) is 0 Å². The molecule has 0 amide bonds. The second kappa shape index (κ2) is 3.25. The zero-order valence-electron chi connectivity index (χ0n) is 7.80. The predicted molar refractivity (Wildman–Crippen MR) is 50.4 cm³/mol. The van der Waals surface area contributed by atoms with Gasteiger partial charge in [-0.2, -0.15) is 0 Å². The SMILES string of the molecule is C=C(C)C1CC(C)C=CC1C. The van der Waals surface area contributed by atoms with Gasteiger partial charge in [0.15, 0.2) is 0 Å². The van der Waals surface area contributed by atoms with Crippen LogP contribution in [0.15, 0.2) is 24.3 Å². The third-order valence-electron chi connectivity index (χ3n) is 2.64. The van der Waals surface area contributed by atoms with Crippen LogP contribution in [0, 0.1) is 17.8 Å². The highest BCUT2D eigenvalue weighted by molar-refractivity contribution is 5.09. The molecule has 11 heavy (non-hydrogen) atoms. The molecule has 1 aliphatic rings. The largest absolute Gasteiger partial charge is 0.0998 e. The summed E-state index contributed by atoms with van der Waals surface area (Å²) in [4.78, 5) is 0. The summed E-state index contributed by atoms with van der Waals surface area (Å²) in [7, 11) is 0. The van der Waals surface area contributed by atoms with Crippen LogP contribution in [0.3, 0.4) is 0 Å². The monoisotopic (exact) mass is 150 g/mol. The molecule has 0 heteroatoms. The summed E-state index contributed by atoms with van der Waals surface area (Å²) in [5.41, 5.74) is 1.34. The van der Waals surface area contributed by atoms with Crippen molar-refractivity contribution in [1.82, 2.24) is 0 Å². The lowest BCUT2D eigenvalue weighted by atomic mass is 9.77. The molecule has 3 atom stereocenters. The fraction of sp³-hybridized carbons (Fsp3) is 0.636. The molecular weight excluding hydrogens is 132 g/mol. The first-order valence-corrected chi connectivity index (χ1v) is 4.45. The molecule has 62 valence electrons. The summed E-state index contributed by atoms with van der Waals surface area (Å²) >= 11 is 0. The van der Waals surface area contributed by atoms with Crippen molar-refractivity contribution in [3.8, 4) is 0 Å². The van der Waals surface area contributed by atoms with E-state index >= 15 is 0 Å². The average molecular weight is 150 g/mol. The van der Waals surface area contributed by atoms with Gasteiger partial charge in [-0.3, -0.25) is 0 Å². The fourth-order valence-corrected chi connectivity index (χ4v) is 1.84. The lowest BCUT2D eigenvalue weighted by molar-refractivity contribution is 0.385. The van der Waals surface area contributed by atoms with Crippen LogP contribution in [-0.4, -0.2) is 0 Å². The van der Waals surface area contributed by atoms with Gasteiger partial charge in [-0.05, 0) is 31.1 Å². The molecule has 0 radical (unpaired) electrons. The standard InChI is InChI=1S/C11H18/c1-8(2)11-7-9(3)5-6-10(11)4/h5-6,9-11H,1,7H2,2-4H3. The van der Waals surface area contributed by atoms with Gasteiger partial charge in [0.1, 0.15) is 0 Å². The average Bonchev–Trinajstić information content (AvgIpc) is 1.94. The maximum Gasteiger partial charge on any atom is -0.0143 e. The zero-order valence-corrected chi connectivity index (χ0v) is 7.80. The lowest BCUT2D eigenvalue weighted by Crippen LogP contribution is -2.17. The molecule has 0 N–H and O–H groups in total. The Morgan fingerprint density at radius 1 is 1.36 bits per heavy atom. The minimum atomic E-state index is 0.698. The van der Waals surface area contributed by atoms with Crippen molar-refractivity contribution in [1.29, 1.82) is 0 Å². The molecule has 3 unspecified atom stereocenters. The molecule has 0 saturated heterocycles. The molecule has 0 spiro atoms. The molecule has 0 aromatic carbocycles. The van der Waals surface area contributed by atoms with Gasteiger partial charge in [0.05, 0.1) is 0 Å². The molecule has 0 fully saturated rings. The van der Waals surface area contributed by atoms with E-state index < -0.39 is 0 Å². The zero-order chi connectivity index (χ0) is 8.43. The first-order valence-electron chi connectivity index (χ1n) is 4.45. The Bertz CT molecular complexity index is 176. The summed E-state index contributed by atoms with van der Waals surface area (Å²) in [6, 6.07) is 0. The molecule has 0 aliphatic heterocycles. The second-order valence-corrected chi connectivity index (χ2v) is 3.91. The minimum absolute atomic E-state index is 0.698. The van der Waals surface area contributed by atoms with Gasteiger partial charge < -0.3 is 0 Å². The molecule has 0 bridgehead atoms. The number of hydrogen-bond acceptors (Lipinski definition) is 0. The molecule has 1 rings (SSSR count). The van der Waals surface area contributed by atoms with E-state index in [2.05, 4.69) is 39.5 Å². The molecule has 1 aliphatic carbocycles. The van der Waals surface area contributed by atoms with Crippen molar-refractivity contribution in [2.45, 2.75) is 27.2 Å². The first-order chi connectivity index (χ1) is 5.11. The molecule has 0 aromatic rings. The van der Waals surface area contributed by atoms with Crippen molar-refractivity contribution >= 4 is 0 Å². The van der Waals surface area contributed by atoms with Crippen LogP contribution < -0.4 is 0 Å². The van der Waals surface area contributed by atoms with E-state index in [1.165, 1.54) is 12.0 Å². The van der Waals surface area contributed by atoms with Crippen molar-refractivity contribution in [2.75, 3.05) is 0 Å². The van der Waals surface area contributed by atoms with Gasteiger partial charge in [0.25, 0.3) is 0 Å². The van der Waals surface area contributed by atoms with E-state index in [-0.39, 0.29) is 0 Å². The van der Waals surface area contributed by atoms with Crippen molar-refractivity contribution < 1.29 is 0 Å². The lowest BCUT2D eigenvalue weighted by Gasteiger charge is -2.28. The molecule has 0 heterocycles. The summed E-state index contributed by atoms with van der Waals surface area (Å²) in [6.45, 7) is 10.7. The van der Waals surface area contributed by atoms with E-state index in [9.17, 15) is 0 Å². The Balaban J connectivity index is 2.68. The Morgan fingerprint density at radius 3 is 2.45 bits per heavy atom. The third kappa shape index (κ3) is 1.95. The maximum absolute atomic E-state index is 4.03. The van der Waals surface area contributed by atoms with Crippen LogP contribution in [0.1, 0.15) is 27.2 Å². The van der Waals surface area contributed by atoms with Gasteiger partial charge in [0, 0.05) is 0 Å². The van der Waals surface area contributed by atoms with E-state index in [1.54, 1.807) is 0 Å². The summed E-state index contributed by atoms with van der Waals surface area (Å²) in [5, 5.41) is 0. The van der Waals surface area contributed by atoms with Crippen molar-refractivity contribution in [2.24, 2.45) is 17.8 Å². The van der Waals surface area contributed by atoms with E-state index in [0.717, 1.165) is 11.8 Å². The molecular formula is C11H18. The van der Waals surface area contributed by atoms with Crippen LogP contribution in [0.2, 0.25) is 0 Å². The minimum Gasteiger partial charge on any atom is -0.0998 e. The Hall–Kier alpha value is -0.520. The molecule has 0 aromatic heterocycles. The number of hydrogen-bond donors (Lipinski definition) is 0. The third-order valence-corrected chi connectivity index (χ3v) is 2.64. The van der Waals surface area contributed by atoms with Gasteiger partial charge >= 0.3 is 0 Å². The first kappa shape index (κ1) is 8.58. The highest BCUT2D eigenvalue weighted by Crippen LogP contribution is 2.32. The summed E-state index contributed by atoms with van der Waals surface area (Å²) in [5.74, 6) is 2.16. The molecule has 0 nitrogen and oxygen atoms in total. The van der Waals surface area contributed by atoms with Gasteiger partial charge in [-0.1, -0.05) is 38.2 Å². The fourth-order valence-electron chi connectivity index (χ4n) is 1.84. The smallest absolute Gasteiger partial charge is 0.0143 e. The summed E-state index contributed by atoms with van der Waals surface area (Å²) < 4.78 is 0. The Labute approximate surface area is 70.0 Å². The highest BCUT2D eigenvalue weighted by atomic mass is 14.3. The van der Waals surface area contributed by atoms with Gasteiger partial charge in [0.2, 0.25) is 0 Å². The number of rotatable bonds is 1. The maximum atomic E-state index is 4.03. The van der Waals surface area contributed by atoms with E-state index in [4.69, 9.17) is 0 Å².